The summed E-state index contributed by atoms with van der Waals surface area (Å²) in [5, 5.41) is 6.27. The molecular formula is C33H37FN4O4. The Morgan fingerprint density at radius 2 is 1.71 bits per heavy atom. The molecule has 0 radical (unpaired) electrons. The predicted octanol–water partition coefficient (Wildman–Crippen LogP) is 4.60. The van der Waals surface area contributed by atoms with Crippen molar-refractivity contribution in [2.75, 3.05) is 53.0 Å². The van der Waals surface area contributed by atoms with Crippen molar-refractivity contribution in [3.8, 4) is 5.75 Å². The van der Waals surface area contributed by atoms with Gasteiger partial charge in [0.1, 0.15) is 18.1 Å². The zero-order valence-electron chi connectivity index (χ0n) is 24.4. The zero-order valence-corrected chi connectivity index (χ0v) is 24.4. The molecule has 2 amide bonds. The van der Waals surface area contributed by atoms with Crippen molar-refractivity contribution in [3.63, 3.8) is 0 Å². The lowest BCUT2D eigenvalue weighted by Crippen LogP contribution is -2.46. The number of hydrogen-bond donors (Lipinski definition) is 0. The number of methoxy groups -OCH3 is 1. The van der Waals surface area contributed by atoms with E-state index in [0.29, 0.717) is 44.0 Å². The maximum Gasteiger partial charge on any atom is 0.262 e. The van der Waals surface area contributed by atoms with Crippen molar-refractivity contribution >= 4 is 17.5 Å². The summed E-state index contributed by atoms with van der Waals surface area (Å²) in [5.41, 5.74) is 5.29. The van der Waals surface area contributed by atoms with Crippen LogP contribution in [0.2, 0.25) is 0 Å². The van der Waals surface area contributed by atoms with Crippen LogP contribution in [0.25, 0.3) is 0 Å². The Balaban J connectivity index is 1.42. The lowest BCUT2D eigenvalue weighted by molar-refractivity contribution is -0.133. The standard InChI is InChI=1S/C33H37FN4O4/c1-23-4-5-27(20-24(23)2)30-21-31(25-6-10-28(34)11-7-25)38(35-30)32(39)22-37(15-14-36-16-18-42-19-17-36)33(40)26-8-12-29(41-3)13-9-26/h4-13,20,31H,14-19,21-22H2,1-3H3/t31-/m1/s1. The lowest BCUT2D eigenvalue weighted by atomic mass is 9.96. The normalized spacial score (nSPS) is 17.2. The molecule has 9 heteroatoms. The highest BCUT2D eigenvalue weighted by Crippen LogP contribution is 2.33. The molecule has 2 aliphatic rings. The Morgan fingerprint density at radius 1 is 1.00 bits per heavy atom. The third-order valence-electron chi connectivity index (χ3n) is 8.00. The average molecular weight is 573 g/mol. The molecule has 2 heterocycles. The van der Waals surface area contributed by atoms with E-state index in [1.54, 1.807) is 48.4 Å². The smallest absolute Gasteiger partial charge is 0.262 e. The SMILES string of the molecule is COc1ccc(C(=O)N(CCN2CCOCC2)CC(=O)N2N=C(c3ccc(C)c(C)c3)C[C@@H]2c2ccc(F)cc2)cc1. The fourth-order valence-corrected chi connectivity index (χ4v) is 5.27. The fraction of sp³-hybridized carbons (Fsp3) is 0.364. The van der Waals surface area contributed by atoms with Crippen LogP contribution in [-0.2, 0) is 9.53 Å². The summed E-state index contributed by atoms with van der Waals surface area (Å²) in [6, 6.07) is 18.8. The Labute approximate surface area is 246 Å². The third-order valence-corrected chi connectivity index (χ3v) is 8.00. The topological polar surface area (TPSA) is 74.7 Å². The fourth-order valence-electron chi connectivity index (χ4n) is 5.27. The largest absolute Gasteiger partial charge is 0.497 e. The minimum absolute atomic E-state index is 0.142. The second kappa shape index (κ2) is 13.3. The first kappa shape index (κ1) is 29.4. The van der Waals surface area contributed by atoms with Gasteiger partial charge in [0.05, 0.1) is 32.1 Å². The van der Waals surface area contributed by atoms with Crippen LogP contribution < -0.4 is 4.74 Å². The molecule has 220 valence electrons. The summed E-state index contributed by atoms with van der Waals surface area (Å²) in [6.07, 6.45) is 0.486. The number of morpholine rings is 1. The molecular weight excluding hydrogens is 535 g/mol. The summed E-state index contributed by atoms with van der Waals surface area (Å²) < 4.78 is 24.5. The Kier molecular flexibility index (Phi) is 9.29. The number of halogens is 1. The highest BCUT2D eigenvalue weighted by Gasteiger charge is 2.35. The molecule has 2 aliphatic heterocycles. The van der Waals surface area contributed by atoms with Crippen LogP contribution in [-0.4, -0.2) is 85.4 Å². The van der Waals surface area contributed by atoms with Crippen LogP contribution >= 0.6 is 0 Å². The molecule has 5 rings (SSSR count). The minimum atomic E-state index is -0.410. The average Bonchev–Trinajstić information content (AvgIpc) is 3.47. The number of hydrogen-bond acceptors (Lipinski definition) is 6. The van der Waals surface area contributed by atoms with Gasteiger partial charge in [0, 0.05) is 38.2 Å². The van der Waals surface area contributed by atoms with Crippen molar-refractivity contribution < 1.29 is 23.5 Å². The van der Waals surface area contributed by atoms with E-state index in [4.69, 9.17) is 14.6 Å². The van der Waals surface area contributed by atoms with E-state index in [0.717, 1.165) is 35.5 Å². The Morgan fingerprint density at radius 3 is 2.38 bits per heavy atom. The van der Waals surface area contributed by atoms with Crippen LogP contribution in [0.4, 0.5) is 4.39 Å². The molecule has 1 atom stereocenters. The predicted molar refractivity (Wildman–Crippen MR) is 159 cm³/mol. The van der Waals surface area contributed by atoms with Crippen LogP contribution in [0.1, 0.15) is 45.1 Å². The molecule has 8 nitrogen and oxygen atoms in total. The Hall–Kier alpha value is -4.08. The van der Waals surface area contributed by atoms with Crippen molar-refractivity contribution in [2.45, 2.75) is 26.3 Å². The van der Waals surface area contributed by atoms with E-state index < -0.39 is 6.04 Å². The number of aryl methyl sites for hydroxylation is 2. The van der Waals surface area contributed by atoms with Gasteiger partial charge in [-0.15, -0.1) is 0 Å². The van der Waals surface area contributed by atoms with Gasteiger partial charge in [0.2, 0.25) is 0 Å². The molecule has 0 spiro atoms. The first-order chi connectivity index (χ1) is 20.3. The summed E-state index contributed by atoms with van der Waals surface area (Å²) in [4.78, 5) is 31.5. The lowest BCUT2D eigenvalue weighted by Gasteiger charge is -2.31. The van der Waals surface area contributed by atoms with E-state index in [1.807, 2.05) is 19.1 Å². The molecule has 0 aliphatic carbocycles. The quantitative estimate of drug-likeness (QED) is 0.375. The number of benzene rings is 3. The molecule has 3 aromatic carbocycles. The zero-order chi connectivity index (χ0) is 29.6. The first-order valence-corrected chi connectivity index (χ1v) is 14.3. The van der Waals surface area contributed by atoms with Crippen molar-refractivity contribution in [1.29, 1.82) is 0 Å². The van der Waals surface area contributed by atoms with Gasteiger partial charge in [0.25, 0.3) is 11.8 Å². The highest BCUT2D eigenvalue weighted by molar-refractivity contribution is 6.04. The molecule has 0 bridgehead atoms. The molecule has 0 unspecified atom stereocenters. The van der Waals surface area contributed by atoms with Gasteiger partial charge in [0.15, 0.2) is 0 Å². The summed E-state index contributed by atoms with van der Waals surface area (Å²) in [5.74, 6) is -0.235. The maximum atomic E-state index is 14.0. The third kappa shape index (κ3) is 6.86. The highest BCUT2D eigenvalue weighted by atomic mass is 19.1. The van der Waals surface area contributed by atoms with E-state index in [1.165, 1.54) is 22.7 Å². The van der Waals surface area contributed by atoms with Gasteiger partial charge in [-0.05, 0) is 78.6 Å². The van der Waals surface area contributed by atoms with Crippen LogP contribution in [0, 0.1) is 19.7 Å². The van der Waals surface area contributed by atoms with Gasteiger partial charge >= 0.3 is 0 Å². The van der Waals surface area contributed by atoms with Gasteiger partial charge in [-0.2, -0.15) is 5.10 Å². The van der Waals surface area contributed by atoms with E-state index in [2.05, 4.69) is 17.9 Å². The van der Waals surface area contributed by atoms with Gasteiger partial charge in [-0.1, -0.05) is 24.3 Å². The molecule has 0 N–H and O–H groups in total. The van der Waals surface area contributed by atoms with Gasteiger partial charge in [-0.25, -0.2) is 9.40 Å². The monoisotopic (exact) mass is 572 g/mol. The van der Waals surface area contributed by atoms with Crippen molar-refractivity contribution in [1.82, 2.24) is 14.8 Å². The maximum absolute atomic E-state index is 14.0. The second-order valence-corrected chi connectivity index (χ2v) is 10.8. The van der Waals surface area contributed by atoms with Crippen LogP contribution in [0.3, 0.4) is 0 Å². The number of rotatable bonds is 9. The van der Waals surface area contributed by atoms with E-state index in [-0.39, 0.29) is 24.2 Å². The van der Waals surface area contributed by atoms with Crippen LogP contribution in [0.5, 0.6) is 5.75 Å². The second-order valence-electron chi connectivity index (χ2n) is 10.8. The summed E-state index contributed by atoms with van der Waals surface area (Å²) >= 11 is 0. The molecule has 0 saturated carbocycles. The minimum Gasteiger partial charge on any atom is -0.497 e. The number of ether oxygens (including phenoxy) is 2. The van der Waals surface area contributed by atoms with Gasteiger partial charge in [-0.3, -0.25) is 14.5 Å². The molecule has 3 aromatic rings. The molecule has 1 fully saturated rings. The summed E-state index contributed by atoms with van der Waals surface area (Å²) in [6.45, 7) is 7.81. The molecule has 1 saturated heterocycles. The number of nitrogens with zero attached hydrogens (tertiary/aromatic N) is 4. The van der Waals surface area contributed by atoms with Crippen molar-refractivity contribution in [2.24, 2.45) is 5.10 Å². The molecule has 42 heavy (non-hydrogen) atoms. The number of amides is 2. The first-order valence-electron chi connectivity index (χ1n) is 14.3. The summed E-state index contributed by atoms with van der Waals surface area (Å²) in [7, 11) is 1.57. The van der Waals surface area contributed by atoms with Crippen LogP contribution in [0.15, 0.2) is 71.8 Å². The number of hydrazone groups is 1. The number of carbonyl (C=O) groups excluding carboxylic acids is 2. The van der Waals surface area contributed by atoms with E-state index in [9.17, 15) is 14.0 Å². The molecule has 0 aromatic heterocycles. The van der Waals surface area contributed by atoms with Gasteiger partial charge < -0.3 is 14.4 Å². The van der Waals surface area contributed by atoms with E-state index >= 15 is 0 Å². The number of carbonyl (C=O) groups is 2. The Bertz CT molecular complexity index is 1440. The van der Waals surface area contributed by atoms with Crippen molar-refractivity contribution in [3.05, 3.63) is 100 Å².